The molecule has 3 nitrogen and oxygen atoms in total. The number of anilines is 2. The van der Waals surface area contributed by atoms with Gasteiger partial charge in [-0.3, -0.25) is 0 Å². The van der Waals surface area contributed by atoms with Crippen molar-refractivity contribution in [3.05, 3.63) is 59.7 Å². The molecule has 0 saturated carbocycles. The molecule has 0 amide bonds. The number of rotatable bonds is 3. The Morgan fingerprint density at radius 1 is 1.00 bits per heavy atom. The predicted octanol–water partition coefficient (Wildman–Crippen LogP) is 3.38. The Bertz CT molecular complexity index is 580. The third-order valence-corrected chi connectivity index (χ3v) is 3.15. The molecule has 3 heteroatoms. The van der Waals surface area contributed by atoms with E-state index in [0.717, 1.165) is 16.9 Å². The van der Waals surface area contributed by atoms with Crippen LogP contribution in [0.1, 0.15) is 24.2 Å². The monoisotopic (exact) mass is 252 g/mol. The molecule has 19 heavy (non-hydrogen) atoms. The number of aliphatic hydroxyl groups excluding tert-OH is 1. The summed E-state index contributed by atoms with van der Waals surface area (Å²) in [5, 5.41) is 18.3. The standard InChI is InChI=1S/C16H16N2O/c1-12(19)14-5-9-16(10-6-14)18(2)15-7-3-13(11-17)4-8-15/h3-10,12,19H,1-2H3. The highest BCUT2D eigenvalue weighted by molar-refractivity contribution is 5.63. The highest BCUT2D eigenvalue weighted by Gasteiger charge is 2.05. The van der Waals surface area contributed by atoms with Crippen molar-refractivity contribution in [3.8, 4) is 6.07 Å². The second-order valence-electron chi connectivity index (χ2n) is 4.49. The maximum atomic E-state index is 9.48. The molecule has 0 aliphatic rings. The van der Waals surface area contributed by atoms with Gasteiger partial charge in [0.25, 0.3) is 0 Å². The fraction of sp³-hybridized carbons (Fsp3) is 0.188. The summed E-state index contributed by atoms with van der Waals surface area (Å²) in [6.45, 7) is 1.75. The van der Waals surface area contributed by atoms with E-state index in [2.05, 4.69) is 6.07 Å². The van der Waals surface area contributed by atoms with Crippen LogP contribution >= 0.6 is 0 Å². The normalized spacial score (nSPS) is 11.7. The minimum Gasteiger partial charge on any atom is -0.389 e. The summed E-state index contributed by atoms with van der Waals surface area (Å²) in [6.07, 6.45) is -0.450. The first-order chi connectivity index (χ1) is 9.11. The van der Waals surface area contributed by atoms with Crippen molar-refractivity contribution in [2.45, 2.75) is 13.0 Å². The second-order valence-corrected chi connectivity index (χ2v) is 4.49. The fourth-order valence-corrected chi connectivity index (χ4v) is 1.89. The highest BCUT2D eigenvalue weighted by Crippen LogP contribution is 2.25. The minimum atomic E-state index is -0.450. The summed E-state index contributed by atoms with van der Waals surface area (Å²) in [6, 6.07) is 17.3. The smallest absolute Gasteiger partial charge is 0.0991 e. The van der Waals surface area contributed by atoms with Crippen molar-refractivity contribution in [2.24, 2.45) is 0 Å². The quantitative estimate of drug-likeness (QED) is 0.911. The zero-order valence-corrected chi connectivity index (χ0v) is 11.0. The molecule has 2 rings (SSSR count). The average molecular weight is 252 g/mol. The molecule has 2 aromatic rings. The van der Waals surface area contributed by atoms with Gasteiger partial charge in [-0.25, -0.2) is 0 Å². The van der Waals surface area contributed by atoms with Crippen LogP contribution in [-0.4, -0.2) is 12.2 Å². The van der Waals surface area contributed by atoms with Gasteiger partial charge in [-0.2, -0.15) is 5.26 Å². The van der Waals surface area contributed by atoms with Crippen LogP contribution in [-0.2, 0) is 0 Å². The first-order valence-corrected chi connectivity index (χ1v) is 6.13. The molecular weight excluding hydrogens is 236 g/mol. The van der Waals surface area contributed by atoms with Crippen molar-refractivity contribution in [3.63, 3.8) is 0 Å². The lowest BCUT2D eigenvalue weighted by Gasteiger charge is -2.20. The maximum Gasteiger partial charge on any atom is 0.0991 e. The molecule has 0 heterocycles. The van der Waals surface area contributed by atoms with Gasteiger partial charge in [0.15, 0.2) is 0 Å². The summed E-state index contributed by atoms with van der Waals surface area (Å²) < 4.78 is 0. The number of hydrogen-bond donors (Lipinski definition) is 1. The van der Waals surface area contributed by atoms with E-state index < -0.39 is 6.10 Å². The van der Waals surface area contributed by atoms with Crippen LogP contribution in [0.2, 0.25) is 0 Å². The van der Waals surface area contributed by atoms with Gasteiger partial charge in [0.1, 0.15) is 0 Å². The molecule has 0 aromatic heterocycles. The Balaban J connectivity index is 2.23. The maximum absolute atomic E-state index is 9.48. The molecule has 0 fully saturated rings. The Labute approximate surface area is 113 Å². The Morgan fingerprint density at radius 3 is 1.89 bits per heavy atom. The number of benzene rings is 2. The third kappa shape index (κ3) is 2.93. The summed E-state index contributed by atoms with van der Waals surface area (Å²) in [7, 11) is 1.97. The van der Waals surface area contributed by atoms with Gasteiger partial charge in [-0.15, -0.1) is 0 Å². The zero-order valence-electron chi connectivity index (χ0n) is 11.0. The van der Waals surface area contributed by atoms with Crippen molar-refractivity contribution in [2.75, 3.05) is 11.9 Å². The molecule has 0 bridgehead atoms. The van der Waals surface area contributed by atoms with E-state index in [9.17, 15) is 5.11 Å². The predicted molar refractivity (Wildman–Crippen MR) is 76.3 cm³/mol. The van der Waals surface area contributed by atoms with Gasteiger partial charge in [0, 0.05) is 18.4 Å². The van der Waals surface area contributed by atoms with Crippen LogP contribution in [0, 0.1) is 11.3 Å². The highest BCUT2D eigenvalue weighted by atomic mass is 16.3. The SMILES string of the molecule is CC(O)c1ccc(N(C)c2ccc(C#N)cc2)cc1. The van der Waals surface area contributed by atoms with E-state index in [-0.39, 0.29) is 0 Å². The topological polar surface area (TPSA) is 47.3 Å². The van der Waals surface area contributed by atoms with Gasteiger partial charge in [0.05, 0.1) is 17.7 Å². The van der Waals surface area contributed by atoms with Crippen LogP contribution in [0.4, 0.5) is 11.4 Å². The Morgan fingerprint density at radius 2 is 1.47 bits per heavy atom. The Hall–Kier alpha value is -2.31. The molecule has 2 aromatic carbocycles. The average Bonchev–Trinajstić information content (AvgIpc) is 2.46. The molecular formula is C16H16N2O. The first kappa shape index (κ1) is 13.1. The minimum absolute atomic E-state index is 0.450. The van der Waals surface area contributed by atoms with Gasteiger partial charge in [-0.1, -0.05) is 12.1 Å². The van der Waals surface area contributed by atoms with Crippen molar-refractivity contribution >= 4 is 11.4 Å². The molecule has 0 spiro atoms. The summed E-state index contributed by atoms with van der Waals surface area (Å²) in [5.74, 6) is 0. The lowest BCUT2D eigenvalue weighted by Crippen LogP contribution is -2.09. The van der Waals surface area contributed by atoms with Crippen LogP contribution < -0.4 is 4.90 Å². The van der Waals surface area contributed by atoms with E-state index in [1.165, 1.54) is 0 Å². The molecule has 1 N–H and O–H groups in total. The molecule has 1 unspecified atom stereocenters. The number of nitrogens with zero attached hydrogens (tertiary/aromatic N) is 2. The summed E-state index contributed by atoms with van der Waals surface area (Å²) >= 11 is 0. The molecule has 96 valence electrons. The first-order valence-electron chi connectivity index (χ1n) is 6.13. The van der Waals surface area contributed by atoms with Gasteiger partial charge in [-0.05, 0) is 48.9 Å². The third-order valence-electron chi connectivity index (χ3n) is 3.15. The van der Waals surface area contributed by atoms with Crippen molar-refractivity contribution in [1.29, 1.82) is 5.26 Å². The largest absolute Gasteiger partial charge is 0.389 e. The van der Waals surface area contributed by atoms with Crippen LogP contribution in [0.5, 0.6) is 0 Å². The van der Waals surface area contributed by atoms with E-state index in [4.69, 9.17) is 5.26 Å². The van der Waals surface area contributed by atoms with Crippen molar-refractivity contribution < 1.29 is 5.11 Å². The number of nitriles is 1. The van der Waals surface area contributed by atoms with Crippen LogP contribution in [0.3, 0.4) is 0 Å². The zero-order chi connectivity index (χ0) is 13.8. The van der Waals surface area contributed by atoms with Crippen molar-refractivity contribution in [1.82, 2.24) is 0 Å². The van der Waals surface area contributed by atoms with Gasteiger partial charge in [0.2, 0.25) is 0 Å². The second kappa shape index (κ2) is 5.55. The summed E-state index contributed by atoms with van der Waals surface area (Å²) in [5.41, 5.74) is 3.61. The lowest BCUT2D eigenvalue weighted by atomic mass is 10.1. The molecule has 0 radical (unpaired) electrons. The number of aliphatic hydroxyl groups is 1. The van der Waals surface area contributed by atoms with E-state index in [1.54, 1.807) is 19.1 Å². The summed E-state index contributed by atoms with van der Waals surface area (Å²) in [4.78, 5) is 2.03. The molecule has 0 aliphatic carbocycles. The van der Waals surface area contributed by atoms with Gasteiger partial charge >= 0.3 is 0 Å². The van der Waals surface area contributed by atoms with Gasteiger partial charge < -0.3 is 10.0 Å². The van der Waals surface area contributed by atoms with E-state index in [0.29, 0.717) is 5.56 Å². The molecule has 1 atom stereocenters. The lowest BCUT2D eigenvalue weighted by molar-refractivity contribution is 0.199. The Kier molecular flexibility index (Phi) is 3.84. The fourth-order valence-electron chi connectivity index (χ4n) is 1.89. The van der Waals surface area contributed by atoms with E-state index in [1.807, 2.05) is 48.3 Å². The van der Waals surface area contributed by atoms with Crippen LogP contribution in [0.15, 0.2) is 48.5 Å². The number of hydrogen-bond acceptors (Lipinski definition) is 3. The van der Waals surface area contributed by atoms with Crippen LogP contribution in [0.25, 0.3) is 0 Å². The molecule has 0 aliphatic heterocycles. The van der Waals surface area contributed by atoms with E-state index >= 15 is 0 Å². The molecule has 0 saturated heterocycles.